The zero-order chi connectivity index (χ0) is 19.0. The molecule has 2 heterocycles. The lowest BCUT2D eigenvalue weighted by Crippen LogP contribution is -2.24. The van der Waals surface area contributed by atoms with Gasteiger partial charge in [0, 0.05) is 5.69 Å². The number of amides is 1. The molecular formula is C18H17FN4O2S. The molecule has 134 valence electrons. The molecule has 0 unspecified atom stereocenters. The largest absolute Gasteiger partial charge is 0.363 e. The highest BCUT2D eigenvalue weighted by molar-refractivity contribution is 7.98. The van der Waals surface area contributed by atoms with Crippen LogP contribution in [0, 0.1) is 12.7 Å². The molecule has 1 aromatic carbocycles. The van der Waals surface area contributed by atoms with Gasteiger partial charge in [-0.3, -0.25) is 14.2 Å². The van der Waals surface area contributed by atoms with Crippen LogP contribution in [0.25, 0.3) is 16.7 Å². The molecule has 3 rings (SSSR count). The third-order valence-electron chi connectivity index (χ3n) is 4.11. The Hall–Kier alpha value is -2.74. The van der Waals surface area contributed by atoms with Crippen LogP contribution < -0.4 is 5.73 Å². The molecule has 0 radical (unpaired) electrons. The Morgan fingerprint density at radius 2 is 2.04 bits per heavy atom. The highest BCUT2D eigenvalue weighted by Gasteiger charge is 2.28. The van der Waals surface area contributed by atoms with Crippen LogP contribution >= 0.6 is 11.8 Å². The molecular weight excluding hydrogens is 355 g/mol. The Labute approximate surface area is 153 Å². The number of halogens is 1. The lowest BCUT2D eigenvalue weighted by atomic mass is 10.0. The molecule has 0 aliphatic rings. The van der Waals surface area contributed by atoms with Crippen LogP contribution in [0.2, 0.25) is 0 Å². The Kier molecular flexibility index (Phi) is 4.78. The lowest BCUT2D eigenvalue weighted by molar-refractivity contribution is -0.114. The van der Waals surface area contributed by atoms with Crippen molar-refractivity contribution >= 4 is 34.5 Å². The fourth-order valence-corrected chi connectivity index (χ4v) is 3.46. The summed E-state index contributed by atoms with van der Waals surface area (Å²) in [6.45, 7) is 3.59. The molecule has 2 aromatic heterocycles. The van der Waals surface area contributed by atoms with E-state index >= 15 is 0 Å². The molecule has 0 aliphatic carbocycles. The van der Waals surface area contributed by atoms with Gasteiger partial charge in [-0.25, -0.2) is 14.4 Å². The first-order valence-corrected chi connectivity index (χ1v) is 9.17. The molecule has 8 heteroatoms. The van der Waals surface area contributed by atoms with Crippen LogP contribution in [0.4, 0.5) is 4.39 Å². The van der Waals surface area contributed by atoms with E-state index in [0.717, 1.165) is 0 Å². The maximum Gasteiger partial charge on any atom is 0.289 e. The van der Waals surface area contributed by atoms with Crippen molar-refractivity contribution in [1.82, 2.24) is 14.5 Å². The zero-order valence-electron chi connectivity index (χ0n) is 14.5. The third-order valence-corrected chi connectivity index (χ3v) is 4.65. The van der Waals surface area contributed by atoms with Gasteiger partial charge in [-0.2, -0.15) is 0 Å². The number of aryl methyl sites for hydroxylation is 1. The Morgan fingerprint density at radius 3 is 2.62 bits per heavy atom. The van der Waals surface area contributed by atoms with E-state index in [1.54, 1.807) is 23.6 Å². The zero-order valence-corrected chi connectivity index (χ0v) is 15.4. The summed E-state index contributed by atoms with van der Waals surface area (Å²) >= 11 is 1.36. The fourth-order valence-electron chi connectivity index (χ4n) is 3.06. The molecule has 3 aromatic rings. The van der Waals surface area contributed by atoms with Gasteiger partial charge in [-0.1, -0.05) is 24.8 Å². The highest BCUT2D eigenvalue weighted by Crippen LogP contribution is 2.32. The molecule has 0 saturated carbocycles. The van der Waals surface area contributed by atoms with Gasteiger partial charge in [0.2, 0.25) is 0 Å². The number of hydrogen-bond donors (Lipinski definition) is 1. The molecule has 0 atom stereocenters. The van der Waals surface area contributed by atoms with Crippen molar-refractivity contribution in [2.75, 3.05) is 6.26 Å². The molecule has 26 heavy (non-hydrogen) atoms. The topological polar surface area (TPSA) is 90.9 Å². The van der Waals surface area contributed by atoms with Crippen molar-refractivity contribution in [3.05, 3.63) is 47.0 Å². The van der Waals surface area contributed by atoms with Gasteiger partial charge in [0.05, 0.1) is 22.3 Å². The summed E-state index contributed by atoms with van der Waals surface area (Å²) in [6.07, 6.45) is 2.27. The summed E-state index contributed by atoms with van der Waals surface area (Å²) in [5, 5.41) is 0.985. The number of carbonyl (C=O) groups is 2. The average molecular weight is 372 g/mol. The quantitative estimate of drug-likeness (QED) is 0.322. The standard InChI is InChI=1S/C18H17FN4O2S/c1-4-12-14(15(24)16(20)25)13-9(2)21-18(26-3)22-17(13)23(12)11-7-5-6-10(19)8-11/h5-8H,4H2,1-3H3,(H2,20,25). The second kappa shape index (κ2) is 6.87. The minimum absolute atomic E-state index is 0.185. The van der Waals surface area contributed by atoms with Gasteiger partial charge in [0.1, 0.15) is 11.5 Å². The maximum absolute atomic E-state index is 13.8. The van der Waals surface area contributed by atoms with E-state index in [9.17, 15) is 14.0 Å². The summed E-state index contributed by atoms with van der Waals surface area (Å²) in [7, 11) is 0. The normalized spacial score (nSPS) is 11.1. The van der Waals surface area contributed by atoms with E-state index in [4.69, 9.17) is 5.73 Å². The predicted molar refractivity (Wildman–Crippen MR) is 98.2 cm³/mol. The van der Waals surface area contributed by atoms with Gasteiger partial charge in [-0.05, 0) is 37.8 Å². The molecule has 0 saturated heterocycles. The second-order valence-corrected chi connectivity index (χ2v) is 6.45. The molecule has 0 fully saturated rings. The monoisotopic (exact) mass is 372 g/mol. The predicted octanol–water partition coefficient (Wildman–Crippen LogP) is 2.82. The minimum Gasteiger partial charge on any atom is -0.363 e. The van der Waals surface area contributed by atoms with Crippen LogP contribution in [0.1, 0.15) is 28.7 Å². The summed E-state index contributed by atoms with van der Waals surface area (Å²) in [5.41, 5.74) is 7.52. The summed E-state index contributed by atoms with van der Waals surface area (Å²) in [5.74, 6) is -2.26. The number of primary amides is 1. The maximum atomic E-state index is 13.8. The number of nitrogens with two attached hydrogens (primary N) is 1. The van der Waals surface area contributed by atoms with Gasteiger partial charge in [0.25, 0.3) is 11.7 Å². The van der Waals surface area contributed by atoms with Crippen molar-refractivity contribution < 1.29 is 14.0 Å². The first-order valence-electron chi connectivity index (χ1n) is 7.95. The van der Waals surface area contributed by atoms with Crippen LogP contribution in [-0.4, -0.2) is 32.5 Å². The molecule has 6 nitrogen and oxygen atoms in total. The van der Waals surface area contributed by atoms with E-state index in [0.29, 0.717) is 39.7 Å². The van der Waals surface area contributed by atoms with Crippen LogP contribution in [0.15, 0.2) is 29.4 Å². The van der Waals surface area contributed by atoms with E-state index < -0.39 is 17.5 Å². The van der Waals surface area contributed by atoms with Gasteiger partial charge in [-0.15, -0.1) is 0 Å². The Morgan fingerprint density at radius 1 is 1.31 bits per heavy atom. The SMILES string of the molecule is CCc1c(C(=O)C(N)=O)c2c(C)nc(SC)nc2n1-c1cccc(F)c1. The number of hydrogen-bond acceptors (Lipinski definition) is 5. The molecule has 2 N–H and O–H groups in total. The summed E-state index contributed by atoms with van der Waals surface area (Å²) < 4.78 is 15.5. The molecule has 0 spiro atoms. The van der Waals surface area contributed by atoms with Gasteiger partial charge >= 0.3 is 0 Å². The number of benzene rings is 1. The number of fused-ring (bicyclic) bond motifs is 1. The van der Waals surface area contributed by atoms with E-state index in [-0.39, 0.29) is 5.56 Å². The molecule has 1 amide bonds. The van der Waals surface area contributed by atoms with Crippen LogP contribution in [-0.2, 0) is 11.2 Å². The van der Waals surface area contributed by atoms with E-state index in [2.05, 4.69) is 9.97 Å². The van der Waals surface area contributed by atoms with Crippen molar-refractivity contribution in [3.8, 4) is 5.69 Å². The minimum atomic E-state index is -1.05. The average Bonchev–Trinajstić information content (AvgIpc) is 2.95. The lowest BCUT2D eigenvalue weighted by Gasteiger charge is -2.10. The van der Waals surface area contributed by atoms with E-state index in [1.807, 2.05) is 13.2 Å². The van der Waals surface area contributed by atoms with Gasteiger partial charge in [0.15, 0.2) is 5.16 Å². The fraction of sp³-hybridized carbons (Fsp3) is 0.222. The van der Waals surface area contributed by atoms with Crippen LogP contribution in [0.5, 0.6) is 0 Å². The number of Topliss-reactive ketones (excluding diaryl/α,β-unsaturated/α-hetero) is 1. The summed E-state index contributed by atoms with van der Waals surface area (Å²) in [4.78, 5) is 33.0. The van der Waals surface area contributed by atoms with Crippen molar-refractivity contribution in [3.63, 3.8) is 0 Å². The number of nitrogens with zero attached hydrogens (tertiary/aromatic N) is 3. The van der Waals surface area contributed by atoms with Crippen molar-refractivity contribution in [1.29, 1.82) is 0 Å². The smallest absolute Gasteiger partial charge is 0.289 e. The molecule has 0 aliphatic heterocycles. The Bertz CT molecular complexity index is 1050. The highest BCUT2D eigenvalue weighted by atomic mass is 32.2. The second-order valence-electron chi connectivity index (χ2n) is 5.68. The number of rotatable bonds is 5. The first-order chi connectivity index (χ1) is 12.4. The van der Waals surface area contributed by atoms with Crippen molar-refractivity contribution in [2.24, 2.45) is 5.73 Å². The number of thioether (sulfide) groups is 1. The van der Waals surface area contributed by atoms with E-state index in [1.165, 1.54) is 23.9 Å². The number of carbonyl (C=O) groups excluding carboxylic acids is 2. The third kappa shape index (κ3) is 2.86. The Balaban J connectivity index is 2.51. The number of ketones is 1. The van der Waals surface area contributed by atoms with Crippen LogP contribution in [0.3, 0.4) is 0 Å². The van der Waals surface area contributed by atoms with Gasteiger partial charge < -0.3 is 5.73 Å². The first kappa shape index (κ1) is 18.1. The number of aromatic nitrogens is 3. The van der Waals surface area contributed by atoms with Crippen molar-refractivity contribution in [2.45, 2.75) is 25.4 Å². The molecule has 0 bridgehead atoms. The summed E-state index contributed by atoms with van der Waals surface area (Å²) in [6, 6.07) is 5.99.